The number of para-hydroxylation sites is 1. The highest BCUT2D eigenvalue weighted by Gasteiger charge is 2.20. The molecule has 2 N–H and O–H groups in total. The van der Waals surface area contributed by atoms with E-state index in [4.69, 9.17) is 0 Å². The van der Waals surface area contributed by atoms with Gasteiger partial charge in [0, 0.05) is 29.5 Å². The third kappa shape index (κ3) is 6.14. The third-order valence-electron chi connectivity index (χ3n) is 6.75. The number of carbonyl (C=O) groups is 2. The molecule has 4 rings (SSSR count). The van der Waals surface area contributed by atoms with Gasteiger partial charge in [-0.05, 0) is 68.3 Å². The first-order valence-electron chi connectivity index (χ1n) is 12.2. The summed E-state index contributed by atoms with van der Waals surface area (Å²) >= 11 is 0. The standard InChI is InChI=1S/C29H32FN3O2/c1-20-16-17-21(18-27(20)32-29(35)24-13-7-8-14-25(24)30)28(34)31-26-15-9-6-10-22(26)19-33(2)23-11-4-3-5-12-23/h6-10,13-18,23H,3-5,11-12,19H2,1-2H3,(H,31,34)(H,32,35). The second-order valence-electron chi connectivity index (χ2n) is 9.28. The van der Waals surface area contributed by atoms with Crippen molar-refractivity contribution < 1.29 is 14.0 Å². The Morgan fingerprint density at radius 2 is 1.57 bits per heavy atom. The number of rotatable bonds is 7. The molecule has 5 nitrogen and oxygen atoms in total. The van der Waals surface area contributed by atoms with Gasteiger partial charge in [-0.2, -0.15) is 0 Å². The Morgan fingerprint density at radius 1 is 0.886 bits per heavy atom. The number of nitrogens with zero attached hydrogens (tertiary/aromatic N) is 1. The van der Waals surface area contributed by atoms with Crippen molar-refractivity contribution in [3.63, 3.8) is 0 Å². The van der Waals surface area contributed by atoms with Gasteiger partial charge in [0.05, 0.1) is 5.56 Å². The Bertz CT molecular complexity index is 1200. The molecular formula is C29H32FN3O2. The summed E-state index contributed by atoms with van der Waals surface area (Å²) in [5.74, 6) is -1.41. The van der Waals surface area contributed by atoms with Gasteiger partial charge in [0.2, 0.25) is 0 Å². The molecule has 3 aromatic carbocycles. The van der Waals surface area contributed by atoms with E-state index in [2.05, 4.69) is 22.6 Å². The minimum absolute atomic E-state index is 0.0437. The van der Waals surface area contributed by atoms with Gasteiger partial charge in [-0.25, -0.2) is 4.39 Å². The van der Waals surface area contributed by atoms with Crippen LogP contribution in [0, 0.1) is 12.7 Å². The number of anilines is 2. The molecule has 1 saturated carbocycles. The maximum absolute atomic E-state index is 14.0. The summed E-state index contributed by atoms with van der Waals surface area (Å²) in [6.45, 7) is 2.59. The predicted molar refractivity (Wildman–Crippen MR) is 138 cm³/mol. The molecule has 0 atom stereocenters. The second kappa shape index (κ2) is 11.3. The van der Waals surface area contributed by atoms with Crippen molar-refractivity contribution in [2.24, 2.45) is 0 Å². The van der Waals surface area contributed by atoms with E-state index in [1.54, 1.807) is 24.3 Å². The first-order valence-corrected chi connectivity index (χ1v) is 12.2. The van der Waals surface area contributed by atoms with Crippen LogP contribution in [0.25, 0.3) is 0 Å². The molecule has 0 saturated heterocycles. The monoisotopic (exact) mass is 473 g/mol. The fourth-order valence-corrected chi connectivity index (χ4v) is 4.63. The van der Waals surface area contributed by atoms with Gasteiger partial charge in [-0.15, -0.1) is 0 Å². The maximum Gasteiger partial charge on any atom is 0.258 e. The zero-order chi connectivity index (χ0) is 24.8. The van der Waals surface area contributed by atoms with Gasteiger partial charge in [0.1, 0.15) is 5.82 Å². The number of carbonyl (C=O) groups excluding carboxylic acids is 2. The molecule has 0 bridgehead atoms. The van der Waals surface area contributed by atoms with Crippen LogP contribution >= 0.6 is 0 Å². The fourth-order valence-electron chi connectivity index (χ4n) is 4.63. The van der Waals surface area contributed by atoms with E-state index in [1.165, 1.54) is 50.3 Å². The second-order valence-corrected chi connectivity index (χ2v) is 9.28. The molecule has 1 aliphatic rings. The van der Waals surface area contributed by atoms with Gasteiger partial charge in [0.25, 0.3) is 11.8 Å². The van der Waals surface area contributed by atoms with Crippen LogP contribution in [0.1, 0.15) is 63.9 Å². The highest BCUT2D eigenvalue weighted by molar-refractivity contribution is 6.08. The molecule has 0 aliphatic heterocycles. The minimum atomic E-state index is -0.591. The number of nitrogens with one attached hydrogen (secondary N) is 2. The summed E-state index contributed by atoms with van der Waals surface area (Å²) in [7, 11) is 2.15. The van der Waals surface area contributed by atoms with Gasteiger partial charge < -0.3 is 10.6 Å². The number of benzene rings is 3. The molecule has 1 aliphatic carbocycles. The van der Waals surface area contributed by atoms with Crippen molar-refractivity contribution in [1.82, 2.24) is 4.90 Å². The number of hydrogen-bond acceptors (Lipinski definition) is 3. The van der Waals surface area contributed by atoms with Gasteiger partial charge in [-0.1, -0.05) is 55.7 Å². The molecule has 0 heterocycles. The van der Waals surface area contributed by atoms with Crippen LogP contribution in [0.2, 0.25) is 0 Å². The van der Waals surface area contributed by atoms with Crippen molar-refractivity contribution in [3.05, 3.63) is 94.8 Å². The Hall–Kier alpha value is -3.51. The van der Waals surface area contributed by atoms with E-state index in [1.807, 2.05) is 31.2 Å². The molecule has 0 aromatic heterocycles. The van der Waals surface area contributed by atoms with Crippen molar-refractivity contribution in [2.75, 3.05) is 17.7 Å². The average Bonchev–Trinajstić information content (AvgIpc) is 2.87. The molecule has 0 spiro atoms. The van der Waals surface area contributed by atoms with Crippen molar-refractivity contribution in [2.45, 2.75) is 51.6 Å². The topological polar surface area (TPSA) is 61.4 Å². The summed E-state index contributed by atoms with van der Waals surface area (Å²) in [5.41, 5.74) is 3.45. The lowest BCUT2D eigenvalue weighted by molar-refractivity contribution is 0.101. The highest BCUT2D eigenvalue weighted by Crippen LogP contribution is 2.26. The number of halogens is 1. The number of hydrogen-bond donors (Lipinski definition) is 2. The van der Waals surface area contributed by atoms with Crippen molar-refractivity contribution >= 4 is 23.2 Å². The van der Waals surface area contributed by atoms with E-state index >= 15 is 0 Å². The Labute approximate surface area is 206 Å². The normalized spacial score (nSPS) is 14.1. The lowest BCUT2D eigenvalue weighted by atomic mass is 9.94. The molecule has 35 heavy (non-hydrogen) atoms. The van der Waals surface area contributed by atoms with Crippen molar-refractivity contribution in [3.8, 4) is 0 Å². The van der Waals surface area contributed by atoms with Gasteiger partial charge in [-0.3, -0.25) is 14.5 Å². The summed E-state index contributed by atoms with van der Waals surface area (Å²) < 4.78 is 14.0. The van der Waals surface area contributed by atoms with E-state index in [0.29, 0.717) is 17.3 Å². The minimum Gasteiger partial charge on any atom is -0.322 e. The molecule has 1 fully saturated rings. The number of amides is 2. The zero-order valence-corrected chi connectivity index (χ0v) is 20.3. The Balaban J connectivity index is 1.48. The third-order valence-corrected chi connectivity index (χ3v) is 6.75. The molecule has 2 amide bonds. The largest absolute Gasteiger partial charge is 0.322 e. The average molecular weight is 474 g/mol. The summed E-state index contributed by atoms with van der Waals surface area (Å²) in [4.78, 5) is 28.1. The van der Waals surface area contributed by atoms with E-state index < -0.39 is 11.7 Å². The summed E-state index contributed by atoms with van der Waals surface area (Å²) in [6.07, 6.45) is 6.30. The van der Waals surface area contributed by atoms with Crippen LogP contribution in [0.5, 0.6) is 0 Å². The number of aryl methyl sites for hydroxylation is 1. The predicted octanol–water partition coefficient (Wildman–Crippen LogP) is 6.40. The highest BCUT2D eigenvalue weighted by atomic mass is 19.1. The lowest BCUT2D eigenvalue weighted by Gasteiger charge is -2.31. The van der Waals surface area contributed by atoms with Crippen LogP contribution in [-0.2, 0) is 6.54 Å². The fraction of sp³-hybridized carbons (Fsp3) is 0.310. The van der Waals surface area contributed by atoms with Crippen LogP contribution in [-0.4, -0.2) is 29.8 Å². The molecule has 6 heteroatoms. The molecule has 182 valence electrons. The van der Waals surface area contributed by atoms with Gasteiger partial charge >= 0.3 is 0 Å². The SMILES string of the molecule is Cc1ccc(C(=O)Nc2ccccc2CN(C)C2CCCCC2)cc1NC(=O)c1ccccc1F. The molecule has 3 aromatic rings. The Kier molecular flexibility index (Phi) is 7.93. The molecule has 0 radical (unpaired) electrons. The molecule has 0 unspecified atom stereocenters. The first kappa shape index (κ1) is 24.6. The van der Waals surface area contributed by atoms with Crippen molar-refractivity contribution in [1.29, 1.82) is 0 Å². The molecular weight excluding hydrogens is 441 g/mol. The summed E-state index contributed by atoms with van der Waals surface area (Å²) in [6, 6.07) is 19.4. The van der Waals surface area contributed by atoms with Crippen LogP contribution < -0.4 is 10.6 Å². The summed E-state index contributed by atoms with van der Waals surface area (Å²) in [5, 5.41) is 5.77. The van der Waals surface area contributed by atoms with Gasteiger partial charge in [0.15, 0.2) is 0 Å². The maximum atomic E-state index is 14.0. The smallest absolute Gasteiger partial charge is 0.258 e. The zero-order valence-electron chi connectivity index (χ0n) is 20.3. The first-order chi connectivity index (χ1) is 16.9. The van der Waals surface area contributed by atoms with Crippen LogP contribution in [0.4, 0.5) is 15.8 Å². The Morgan fingerprint density at radius 3 is 2.34 bits per heavy atom. The van der Waals surface area contributed by atoms with E-state index in [9.17, 15) is 14.0 Å². The van der Waals surface area contributed by atoms with E-state index in [-0.39, 0.29) is 11.5 Å². The van der Waals surface area contributed by atoms with E-state index in [0.717, 1.165) is 23.4 Å². The van der Waals surface area contributed by atoms with Crippen LogP contribution in [0.15, 0.2) is 66.7 Å². The quantitative estimate of drug-likeness (QED) is 0.417. The lowest BCUT2D eigenvalue weighted by Crippen LogP contribution is -2.33. The van der Waals surface area contributed by atoms with Crippen LogP contribution in [0.3, 0.4) is 0 Å².